The lowest BCUT2D eigenvalue weighted by Crippen LogP contribution is -2.18. The van der Waals surface area contributed by atoms with Crippen molar-refractivity contribution in [2.75, 3.05) is 33.0 Å². The first kappa shape index (κ1) is 25.0. The monoisotopic (exact) mass is 505 g/mol. The molecule has 7 nitrogen and oxygen atoms in total. The minimum Gasteiger partial charge on any atom is -0.382 e. The van der Waals surface area contributed by atoms with Crippen LogP contribution in [0.4, 0.5) is 14.6 Å². The molecule has 0 unspecified atom stereocenters. The lowest BCUT2D eigenvalue weighted by molar-refractivity contribution is 0.0850. The Hall–Kier alpha value is -3.69. The molecule has 2 aromatic heterocycles. The number of halogens is 2. The van der Waals surface area contributed by atoms with Gasteiger partial charge in [-0.25, -0.2) is 9.37 Å². The van der Waals surface area contributed by atoms with Crippen molar-refractivity contribution in [3.05, 3.63) is 75.3 Å². The summed E-state index contributed by atoms with van der Waals surface area (Å²) in [6.45, 7) is 3.85. The van der Waals surface area contributed by atoms with Crippen LogP contribution in [0.25, 0.3) is 33.3 Å². The highest BCUT2D eigenvalue weighted by Gasteiger charge is 2.22. The molecule has 0 saturated carbocycles. The third kappa shape index (κ3) is 4.97. The van der Waals surface area contributed by atoms with Gasteiger partial charge in [-0.3, -0.25) is 4.79 Å². The maximum absolute atomic E-state index is 15.1. The highest BCUT2D eigenvalue weighted by Crippen LogP contribution is 2.35. The fraction of sp³-hybridized carbons (Fsp3) is 0.321. The zero-order valence-electron chi connectivity index (χ0n) is 21.1. The summed E-state index contributed by atoms with van der Waals surface area (Å²) >= 11 is 0. The number of nitrogens with zero attached hydrogens (tertiary/aromatic N) is 3. The molecule has 0 radical (unpaired) electrons. The van der Waals surface area contributed by atoms with E-state index in [1.807, 2.05) is 32.3 Å². The molecule has 37 heavy (non-hydrogen) atoms. The third-order valence-corrected chi connectivity index (χ3v) is 6.75. The van der Waals surface area contributed by atoms with E-state index in [4.69, 9.17) is 10.5 Å². The molecule has 1 fully saturated rings. The van der Waals surface area contributed by atoms with E-state index >= 15 is 4.39 Å². The predicted octanol–water partition coefficient (Wildman–Crippen LogP) is 4.78. The molecule has 3 N–H and O–H groups in total. The Morgan fingerprint density at radius 3 is 2.54 bits per heavy atom. The van der Waals surface area contributed by atoms with Crippen LogP contribution in [0.5, 0.6) is 0 Å². The molecule has 1 aliphatic heterocycles. The van der Waals surface area contributed by atoms with Gasteiger partial charge in [0.1, 0.15) is 17.2 Å². The number of benzene rings is 2. The minimum absolute atomic E-state index is 0.0327. The summed E-state index contributed by atoms with van der Waals surface area (Å²) in [6.07, 6.45) is 1.88. The van der Waals surface area contributed by atoms with Crippen LogP contribution in [0.15, 0.2) is 41.2 Å². The molecule has 192 valence electrons. The Balaban J connectivity index is 1.63. The number of pyridine rings is 1. The molecule has 9 heteroatoms. The number of nitrogen functional groups attached to an aromatic ring is 1. The van der Waals surface area contributed by atoms with Gasteiger partial charge in [-0.1, -0.05) is 12.1 Å². The van der Waals surface area contributed by atoms with Crippen molar-refractivity contribution in [3.8, 4) is 22.5 Å². The van der Waals surface area contributed by atoms with E-state index in [9.17, 15) is 9.18 Å². The number of rotatable bonds is 5. The first-order valence-electron chi connectivity index (χ1n) is 12.2. The van der Waals surface area contributed by atoms with Crippen molar-refractivity contribution in [1.29, 1.82) is 0 Å². The van der Waals surface area contributed by atoms with Gasteiger partial charge >= 0.3 is 0 Å². The first-order valence-corrected chi connectivity index (χ1v) is 12.2. The number of ether oxygens (including phenoxy) is 1. The molecule has 1 aliphatic rings. The van der Waals surface area contributed by atoms with E-state index in [2.05, 4.69) is 19.9 Å². The topological polar surface area (TPSA) is 97.1 Å². The molecule has 0 aliphatic carbocycles. The predicted molar refractivity (Wildman–Crippen MR) is 140 cm³/mol. The largest absolute Gasteiger partial charge is 0.382 e. The third-order valence-electron chi connectivity index (χ3n) is 6.75. The highest BCUT2D eigenvalue weighted by molar-refractivity contribution is 5.88. The SMILES string of the molecule is Cc1cc2cc(-c3nc(-c4ccc(C5CCOCC5)c(CN(C)C)c4)c(F)nc3N)cc(F)c2c(=O)[nH]1. The zero-order chi connectivity index (χ0) is 26.3. The number of anilines is 1. The van der Waals surface area contributed by atoms with Gasteiger partial charge in [0.05, 0.1) is 5.39 Å². The number of aromatic amines is 1. The van der Waals surface area contributed by atoms with Gasteiger partial charge in [-0.15, -0.1) is 0 Å². The van der Waals surface area contributed by atoms with E-state index in [1.54, 1.807) is 19.1 Å². The van der Waals surface area contributed by atoms with E-state index in [-0.39, 0.29) is 22.6 Å². The van der Waals surface area contributed by atoms with Gasteiger partial charge in [-0.2, -0.15) is 9.37 Å². The fourth-order valence-electron chi connectivity index (χ4n) is 5.09. The summed E-state index contributed by atoms with van der Waals surface area (Å²) in [5, 5.41) is 0.345. The fourth-order valence-corrected chi connectivity index (χ4v) is 5.09. The van der Waals surface area contributed by atoms with Crippen LogP contribution in [0.2, 0.25) is 0 Å². The maximum atomic E-state index is 15.1. The summed E-state index contributed by atoms with van der Waals surface area (Å²) in [5.41, 5.74) is 9.49. The first-order chi connectivity index (χ1) is 17.7. The van der Waals surface area contributed by atoms with E-state index in [1.165, 1.54) is 11.6 Å². The van der Waals surface area contributed by atoms with Crippen molar-refractivity contribution in [2.24, 2.45) is 0 Å². The van der Waals surface area contributed by atoms with Crippen LogP contribution >= 0.6 is 0 Å². The number of nitrogens with one attached hydrogen (secondary N) is 1. The van der Waals surface area contributed by atoms with Crippen LogP contribution in [0.1, 0.15) is 35.6 Å². The number of nitrogens with two attached hydrogens (primary N) is 1. The van der Waals surface area contributed by atoms with Crippen molar-refractivity contribution in [3.63, 3.8) is 0 Å². The lowest BCUT2D eigenvalue weighted by Gasteiger charge is -2.26. The second kappa shape index (κ2) is 9.99. The van der Waals surface area contributed by atoms with E-state index < -0.39 is 17.3 Å². The molecular formula is C28H29F2N5O2. The Bertz CT molecular complexity index is 1540. The molecule has 0 amide bonds. The number of H-pyrrole nitrogens is 1. The number of aryl methyl sites for hydroxylation is 1. The molecule has 3 heterocycles. The smallest absolute Gasteiger partial charge is 0.258 e. The Labute approximate surface area is 213 Å². The molecule has 0 atom stereocenters. The van der Waals surface area contributed by atoms with Gasteiger partial charge in [0, 0.05) is 36.6 Å². The van der Waals surface area contributed by atoms with Gasteiger partial charge < -0.3 is 20.4 Å². The molecule has 1 saturated heterocycles. The molecule has 0 spiro atoms. The summed E-state index contributed by atoms with van der Waals surface area (Å²) in [5.74, 6) is -1.30. The van der Waals surface area contributed by atoms with E-state index in [0.717, 1.165) is 31.6 Å². The minimum atomic E-state index is -0.801. The van der Waals surface area contributed by atoms with Crippen LogP contribution in [0.3, 0.4) is 0 Å². The van der Waals surface area contributed by atoms with Gasteiger partial charge in [-0.05, 0) is 80.6 Å². The Kier molecular flexibility index (Phi) is 6.74. The van der Waals surface area contributed by atoms with Crippen LogP contribution < -0.4 is 11.3 Å². The molecule has 4 aromatic rings. The molecule has 0 bridgehead atoms. The van der Waals surface area contributed by atoms with Crippen molar-refractivity contribution in [2.45, 2.75) is 32.2 Å². The standard InChI is InChI=1S/C28H29F2N5O2/c1-15-10-18-12-19(13-22(29)23(18)28(36)32-15)25-27(31)34-26(30)24(33-25)17-4-5-21(16-6-8-37-9-7-16)20(11-17)14-35(2)3/h4-5,10-13,16H,6-9,14H2,1-3H3,(H2,31,34)(H,32,36). The average Bonchev–Trinajstić information content (AvgIpc) is 2.83. The normalized spacial score (nSPS) is 14.5. The van der Waals surface area contributed by atoms with Gasteiger partial charge in [0.2, 0.25) is 5.95 Å². The summed E-state index contributed by atoms with van der Waals surface area (Å²) in [7, 11) is 3.98. The number of hydrogen-bond acceptors (Lipinski definition) is 6. The zero-order valence-corrected chi connectivity index (χ0v) is 21.1. The van der Waals surface area contributed by atoms with Crippen LogP contribution in [-0.4, -0.2) is 47.2 Å². The summed E-state index contributed by atoms with van der Waals surface area (Å²) in [6, 6.07) is 10.3. The number of aromatic nitrogens is 3. The highest BCUT2D eigenvalue weighted by atomic mass is 19.1. The van der Waals surface area contributed by atoms with Gasteiger partial charge in [0.25, 0.3) is 5.56 Å². The average molecular weight is 506 g/mol. The number of fused-ring (bicyclic) bond motifs is 1. The molecular weight excluding hydrogens is 476 g/mol. The molecule has 2 aromatic carbocycles. The van der Waals surface area contributed by atoms with Crippen LogP contribution in [-0.2, 0) is 11.3 Å². The summed E-state index contributed by atoms with van der Waals surface area (Å²) < 4.78 is 35.6. The van der Waals surface area contributed by atoms with E-state index in [0.29, 0.717) is 34.7 Å². The van der Waals surface area contributed by atoms with Gasteiger partial charge in [0.15, 0.2) is 5.82 Å². The maximum Gasteiger partial charge on any atom is 0.258 e. The lowest BCUT2D eigenvalue weighted by atomic mass is 9.87. The second-order valence-electron chi connectivity index (χ2n) is 9.84. The Morgan fingerprint density at radius 1 is 1.05 bits per heavy atom. The van der Waals surface area contributed by atoms with Crippen LogP contribution in [0, 0.1) is 18.7 Å². The second-order valence-corrected chi connectivity index (χ2v) is 9.84. The quantitative estimate of drug-likeness (QED) is 0.405. The Morgan fingerprint density at radius 2 is 1.81 bits per heavy atom. The number of hydrogen-bond donors (Lipinski definition) is 2. The van der Waals surface area contributed by atoms with Crippen molar-refractivity contribution < 1.29 is 13.5 Å². The van der Waals surface area contributed by atoms with Crippen molar-refractivity contribution in [1.82, 2.24) is 19.9 Å². The molecule has 5 rings (SSSR count). The van der Waals surface area contributed by atoms with Crippen molar-refractivity contribution >= 4 is 16.6 Å². The summed E-state index contributed by atoms with van der Waals surface area (Å²) in [4.78, 5) is 25.4.